The molecule has 2 amide bonds. The maximum Gasteiger partial charge on any atom is 0.416 e. The Bertz CT molecular complexity index is 1700. The second-order valence-corrected chi connectivity index (χ2v) is 11.2. The van der Waals surface area contributed by atoms with Crippen molar-refractivity contribution in [2.24, 2.45) is 0 Å². The topological polar surface area (TPSA) is 104 Å². The fraction of sp³-hybridized carbons (Fsp3) is 0.265. The van der Waals surface area contributed by atoms with E-state index in [-0.39, 0.29) is 36.3 Å². The summed E-state index contributed by atoms with van der Waals surface area (Å²) in [6.45, 7) is 2.08. The van der Waals surface area contributed by atoms with Crippen LogP contribution in [0.25, 0.3) is 0 Å². The fourth-order valence-corrected chi connectivity index (χ4v) is 5.40. The van der Waals surface area contributed by atoms with Gasteiger partial charge in [-0.3, -0.25) is 14.9 Å². The molecule has 8 nitrogen and oxygen atoms in total. The van der Waals surface area contributed by atoms with Crippen LogP contribution in [-0.4, -0.2) is 43.9 Å². The van der Waals surface area contributed by atoms with Crippen LogP contribution in [0.5, 0.6) is 0 Å². The molecule has 3 aromatic carbocycles. The highest BCUT2D eigenvalue weighted by Crippen LogP contribution is 2.34. The van der Waals surface area contributed by atoms with Gasteiger partial charge in [0.1, 0.15) is 5.82 Å². The molecule has 2 atom stereocenters. The number of carbonyl (C=O) groups is 2. The summed E-state index contributed by atoms with van der Waals surface area (Å²) in [5.74, 6) is -2.58. The van der Waals surface area contributed by atoms with Gasteiger partial charge in [-0.2, -0.15) is 18.4 Å². The van der Waals surface area contributed by atoms with Crippen molar-refractivity contribution in [1.82, 2.24) is 25.5 Å². The van der Waals surface area contributed by atoms with Gasteiger partial charge in [0, 0.05) is 31.0 Å². The van der Waals surface area contributed by atoms with Crippen molar-refractivity contribution >= 4 is 17.8 Å². The van der Waals surface area contributed by atoms with Gasteiger partial charge >= 0.3 is 6.18 Å². The van der Waals surface area contributed by atoms with Crippen molar-refractivity contribution in [3.05, 3.63) is 130 Å². The number of tetrazole rings is 1. The number of aromatic nitrogens is 4. The second-order valence-electron chi connectivity index (χ2n) is 11.2. The number of H-pyrrole nitrogens is 1. The van der Waals surface area contributed by atoms with E-state index in [9.17, 15) is 27.2 Å². The molecule has 0 fully saturated rings. The number of carbonyl (C=O) groups excluding carboxylic acids is 2. The zero-order valence-corrected chi connectivity index (χ0v) is 25.0. The molecule has 0 saturated heterocycles. The van der Waals surface area contributed by atoms with Crippen LogP contribution in [0.1, 0.15) is 70.6 Å². The van der Waals surface area contributed by atoms with Gasteiger partial charge in [-0.1, -0.05) is 72.7 Å². The van der Waals surface area contributed by atoms with Crippen LogP contribution in [0, 0.1) is 5.82 Å². The van der Waals surface area contributed by atoms with Crippen LogP contribution in [-0.2, 0) is 17.5 Å². The van der Waals surface area contributed by atoms with Gasteiger partial charge in [0.15, 0.2) is 0 Å². The Kier molecular flexibility index (Phi) is 10.0. The summed E-state index contributed by atoms with van der Waals surface area (Å²) in [7, 11) is 0. The monoisotopic (exact) mass is 632 g/mol. The van der Waals surface area contributed by atoms with Gasteiger partial charge < -0.3 is 4.90 Å². The van der Waals surface area contributed by atoms with E-state index in [0.29, 0.717) is 18.2 Å². The third-order valence-electron chi connectivity index (χ3n) is 7.84. The molecule has 2 unspecified atom stereocenters. The molecule has 1 heterocycles. The fourth-order valence-electron chi connectivity index (χ4n) is 5.40. The first-order valence-electron chi connectivity index (χ1n) is 14.8. The molecule has 1 aliphatic rings. The number of aromatic amines is 1. The van der Waals surface area contributed by atoms with Gasteiger partial charge in [0.25, 0.3) is 11.9 Å². The van der Waals surface area contributed by atoms with E-state index in [0.717, 1.165) is 41.7 Å². The molecule has 0 bridgehead atoms. The van der Waals surface area contributed by atoms with E-state index in [4.69, 9.17) is 0 Å². The molecular weight excluding hydrogens is 600 g/mol. The van der Waals surface area contributed by atoms with Crippen LogP contribution in [0.4, 0.5) is 23.5 Å². The Hall–Kier alpha value is -5.13. The number of allylic oxidation sites excluding steroid dienone is 3. The third-order valence-corrected chi connectivity index (χ3v) is 7.84. The highest BCUT2D eigenvalue weighted by atomic mass is 19.4. The number of nitrogens with zero attached hydrogens (tertiary/aromatic N) is 4. The second kappa shape index (κ2) is 14.3. The molecule has 46 heavy (non-hydrogen) atoms. The lowest BCUT2D eigenvalue weighted by Crippen LogP contribution is -2.35. The van der Waals surface area contributed by atoms with Crippen molar-refractivity contribution < 1.29 is 27.2 Å². The summed E-state index contributed by atoms with van der Waals surface area (Å²) >= 11 is 0. The van der Waals surface area contributed by atoms with E-state index < -0.39 is 29.4 Å². The minimum Gasteiger partial charge on any atom is -0.337 e. The molecule has 2 N–H and O–H groups in total. The summed E-state index contributed by atoms with van der Waals surface area (Å²) in [5.41, 5.74) is 2.15. The van der Waals surface area contributed by atoms with Crippen molar-refractivity contribution in [3.63, 3.8) is 0 Å². The van der Waals surface area contributed by atoms with E-state index in [1.165, 1.54) is 0 Å². The zero-order chi connectivity index (χ0) is 32.7. The van der Waals surface area contributed by atoms with Gasteiger partial charge in [-0.25, -0.2) is 4.39 Å². The minimum atomic E-state index is -4.72. The molecule has 1 aromatic heterocycles. The summed E-state index contributed by atoms with van der Waals surface area (Å²) in [5, 5.41) is 15.6. The molecular formula is C34H32F4N6O2. The molecule has 0 radical (unpaired) electrons. The van der Waals surface area contributed by atoms with Gasteiger partial charge in [-0.15, -0.1) is 5.10 Å². The molecule has 238 valence electrons. The Morgan fingerprint density at radius 1 is 1.00 bits per heavy atom. The first-order chi connectivity index (χ1) is 22.1. The predicted molar refractivity (Wildman–Crippen MR) is 164 cm³/mol. The SMILES string of the molecule is CC(CC(=O)N(Cc1ccc(C(=O)Nc2nn[nH]n2)cc1)CC(C1=CCCC=C1)c1ccccc1)c1cc(F)cc(C(F)(F)F)c1. The van der Waals surface area contributed by atoms with Crippen LogP contribution in [0.3, 0.4) is 0 Å². The number of hydrogen-bond donors (Lipinski definition) is 2. The van der Waals surface area contributed by atoms with Crippen molar-refractivity contribution in [1.29, 1.82) is 0 Å². The third kappa shape index (κ3) is 8.32. The highest BCUT2D eigenvalue weighted by molar-refractivity contribution is 6.03. The lowest BCUT2D eigenvalue weighted by Gasteiger charge is -2.31. The average Bonchev–Trinajstić information content (AvgIpc) is 3.56. The summed E-state index contributed by atoms with van der Waals surface area (Å²) in [6.07, 6.45) is 3.26. The van der Waals surface area contributed by atoms with Crippen molar-refractivity contribution in [2.45, 2.75) is 50.7 Å². The van der Waals surface area contributed by atoms with Crippen LogP contribution in [0.15, 0.2) is 96.6 Å². The molecule has 5 rings (SSSR count). The summed E-state index contributed by atoms with van der Waals surface area (Å²) in [4.78, 5) is 28.3. The van der Waals surface area contributed by atoms with E-state index in [1.54, 1.807) is 36.1 Å². The quantitative estimate of drug-likeness (QED) is 0.170. The van der Waals surface area contributed by atoms with Gasteiger partial charge in [-0.05, 0) is 76.6 Å². The smallest absolute Gasteiger partial charge is 0.337 e. The van der Waals surface area contributed by atoms with Crippen LogP contribution in [0.2, 0.25) is 0 Å². The maximum atomic E-state index is 14.2. The molecule has 4 aromatic rings. The number of amides is 2. The number of hydrogen-bond acceptors (Lipinski definition) is 5. The van der Waals surface area contributed by atoms with E-state index in [1.807, 2.05) is 30.3 Å². The zero-order valence-electron chi connectivity index (χ0n) is 25.0. The highest BCUT2D eigenvalue weighted by Gasteiger charge is 2.32. The van der Waals surface area contributed by atoms with Gasteiger partial charge in [0.2, 0.25) is 5.91 Å². The molecule has 12 heteroatoms. The van der Waals surface area contributed by atoms with Crippen LogP contribution >= 0.6 is 0 Å². The lowest BCUT2D eigenvalue weighted by molar-refractivity contribution is -0.137. The van der Waals surface area contributed by atoms with E-state index >= 15 is 0 Å². The first-order valence-corrected chi connectivity index (χ1v) is 14.8. The Morgan fingerprint density at radius 2 is 1.76 bits per heavy atom. The largest absolute Gasteiger partial charge is 0.416 e. The minimum absolute atomic E-state index is 0.0265. The lowest BCUT2D eigenvalue weighted by atomic mass is 9.87. The number of anilines is 1. The Balaban J connectivity index is 1.41. The molecule has 1 aliphatic carbocycles. The summed E-state index contributed by atoms with van der Waals surface area (Å²) in [6, 6.07) is 18.9. The number of halogens is 4. The number of alkyl halides is 3. The van der Waals surface area contributed by atoms with Crippen molar-refractivity contribution in [3.8, 4) is 0 Å². The number of nitrogens with one attached hydrogen (secondary N) is 2. The molecule has 0 aliphatic heterocycles. The first kappa shape index (κ1) is 32.3. The number of rotatable bonds is 11. The van der Waals surface area contributed by atoms with E-state index in [2.05, 4.69) is 44.2 Å². The van der Waals surface area contributed by atoms with Crippen molar-refractivity contribution in [2.75, 3.05) is 11.9 Å². The standard InChI is InChI=1S/C34H32F4N6O2/c1-22(27-17-28(34(36,37)38)19-29(35)18-27)16-31(45)44(21-30(24-8-4-2-5-9-24)25-10-6-3-7-11-25)20-23-12-14-26(15-13-23)32(46)39-33-40-42-43-41-33/h2,4-6,8-15,17-19,22,30H,3,7,16,20-21H2,1H3,(H2,39,40,41,42,43,46). The van der Waals surface area contributed by atoms with Crippen LogP contribution < -0.4 is 5.32 Å². The maximum absolute atomic E-state index is 14.2. The average molecular weight is 633 g/mol. The summed E-state index contributed by atoms with van der Waals surface area (Å²) < 4.78 is 54.4. The molecule has 0 saturated carbocycles. The predicted octanol–water partition coefficient (Wildman–Crippen LogP) is 7.19. The normalized spacial score (nSPS) is 14.3. The Labute approximate surface area is 263 Å². The van der Waals surface area contributed by atoms with Gasteiger partial charge in [0.05, 0.1) is 5.56 Å². The Morgan fingerprint density at radius 3 is 2.41 bits per heavy atom. The molecule has 0 spiro atoms. The number of benzene rings is 3.